The van der Waals surface area contributed by atoms with E-state index in [2.05, 4.69) is 0 Å². The molecule has 0 saturated carbocycles. The summed E-state index contributed by atoms with van der Waals surface area (Å²) >= 11 is 0. The molecular formula is C26H21F3O4. The first-order valence-electron chi connectivity index (χ1n) is 9.86. The van der Waals surface area contributed by atoms with E-state index in [1.54, 1.807) is 54.6 Å². The highest BCUT2D eigenvalue weighted by molar-refractivity contribution is 6.18. The number of alkyl halides is 3. The molecule has 4 nitrogen and oxygen atoms in total. The van der Waals surface area contributed by atoms with Gasteiger partial charge < -0.3 is 14.2 Å². The number of hydrogen-bond donors (Lipinski definition) is 0. The Morgan fingerprint density at radius 3 is 2.27 bits per heavy atom. The molecule has 0 saturated heterocycles. The molecule has 0 fully saturated rings. The summed E-state index contributed by atoms with van der Waals surface area (Å²) in [5.74, 6) is 0.232. The maximum absolute atomic E-state index is 13.1. The number of benzene rings is 3. The molecule has 0 N–H and O–H groups in total. The first-order valence-corrected chi connectivity index (χ1v) is 9.86. The molecule has 0 aliphatic carbocycles. The average Bonchev–Trinajstić information content (AvgIpc) is 2.81. The predicted octanol–water partition coefficient (Wildman–Crippen LogP) is 6.83. The van der Waals surface area contributed by atoms with Crippen LogP contribution in [-0.2, 0) is 20.4 Å². The van der Waals surface area contributed by atoms with Gasteiger partial charge in [-0.2, -0.15) is 13.2 Å². The Kier molecular flexibility index (Phi) is 7.56. The number of para-hydroxylation sites is 1. The summed E-state index contributed by atoms with van der Waals surface area (Å²) in [7, 11) is 2.63. The van der Waals surface area contributed by atoms with Gasteiger partial charge in [0, 0.05) is 5.56 Å². The van der Waals surface area contributed by atoms with Crippen LogP contribution in [0.25, 0.3) is 17.7 Å². The zero-order valence-corrected chi connectivity index (χ0v) is 17.9. The first kappa shape index (κ1) is 23.7. The number of ether oxygens (including phenoxy) is 3. The molecule has 3 aromatic carbocycles. The maximum Gasteiger partial charge on any atom is 0.416 e. The van der Waals surface area contributed by atoms with Crippen LogP contribution >= 0.6 is 0 Å². The molecule has 33 heavy (non-hydrogen) atoms. The fraction of sp³-hybridized carbons (Fsp3) is 0.115. The standard InChI is InChI=1S/C26H21F3O4/c1-31-17-22(25(30)32-2)24-19(9-7-13-23(24)33-21-11-4-3-5-12-21)15-14-18-8-6-10-20(16-18)26(27,28)29/h3-17H,1-2H3. The van der Waals surface area contributed by atoms with E-state index in [1.165, 1.54) is 32.6 Å². The summed E-state index contributed by atoms with van der Waals surface area (Å²) in [5.41, 5.74) is 0.587. The summed E-state index contributed by atoms with van der Waals surface area (Å²) in [4.78, 5) is 12.5. The predicted molar refractivity (Wildman–Crippen MR) is 120 cm³/mol. The van der Waals surface area contributed by atoms with Crippen LogP contribution in [-0.4, -0.2) is 20.2 Å². The minimum atomic E-state index is -4.45. The molecule has 0 aliphatic heterocycles. The minimum Gasteiger partial charge on any atom is -0.503 e. The normalized spacial score (nSPS) is 12.0. The second-order valence-corrected chi connectivity index (χ2v) is 6.85. The molecule has 0 amide bonds. The number of methoxy groups -OCH3 is 2. The van der Waals surface area contributed by atoms with Crippen molar-refractivity contribution in [3.8, 4) is 11.5 Å². The third-order valence-corrected chi connectivity index (χ3v) is 4.61. The van der Waals surface area contributed by atoms with Gasteiger partial charge in [0.25, 0.3) is 0 Å². The first-order chi connectivity index (χ1) is 15.8. The summed E-state index contributed by atoms with van der Waals surface area (Å²) < 4.78 is 55.2. The fourth-order valence-corrected chi connectivity index (χ4v) is 3.12. The van der Waals surface area contributed by atoms with Gasteiger partial charge >= 0.3 is 12.1 Å². The Hall–Kier alpha value is -4.00. The molecule has 0 unspecified atom stereocenters. The smallest absolute Gasteiger partial charge is 0.416 e. The number of esters is 1. The van der Waals surface area contributed by atoms with Crippen molar-refractivity contribution in [3.63, 3.8) is 0 Å². The quantitative estimate of drug-likeness (QED) is 0.170. The summed E-state index contributed by atoms with van der Waals surface area (Å²) in [6.45, 7) is 0. The van der Waals surface area contributed by atoms with Crippen molar-refractivity contribution in [2.45, 2.75) is 6.18 Å². The number of hydrogen-bond acceptors (Lipinski definition) is 4. The Labute approximate surface area is 189 Å². The number of carbonyl (C=O) groups excluding carboxylic acids is 1. The van der Waals surface area contributed by atoms with Crippen molar-refractivity contribution in [2.24, 2.45) is 0 Å². The van der Waals surface area contributed by atoms with Crippen LogP contribution in [0, 0.1) is 0 Å². The van der Waals surface area contributed by atoms with E-state index in [4.69, 9.17) is 14.2 Å². The van der Waals surface area contributed by atoms with E-state index >= 15 is 0 Å². The van der Waals surface area contributed by atoms with Crippen molar-refractivity contribution in [2.75, 3.05) is 14.2 Å². The van der Waals surface area contributed by atoms with Gasteiger partial charge in [0.15, 0.2) is 0 Å². The molecule has 0 radical (unpaired) electrons. The van der Waals surface area contributed by atoms with Crippen LogP contribution in [0.5, 0.6) is 11.5 Å². The fourth-order valence-electron chi connectivity index (χ4n) is 3.12. The SMILES string of the molecule is COC=C(C(=O)OC)c1c(C=Cc2cccc(C(F)(F)F)c2)cccc1Oc1ccccc1. The van der Waals surface area contributed by atoms with Gasteiger partial charge in [-0.25, -0.2) is 4.79 Å². The third kappa shape index (κ3) is 6.04. The van der Waals surface area contributed by atoms with Gasteiger partial charge in [-0.1, -0.05) is 54.6 Å². The summed E-state index contributed by atoms with van der Waals surface area (Å²) in [5, 5.41) is 0. The maximum atomic E-state index is 13.1. The highest BCUT2D eigenvalue weighted by atomic mass is 19.4. The third-order valence-electron chi connectivity index (χ3n) is 4.61. The van der Waals surface area contributed by atoms with Crippen LogP contribution in [0.2, 0.25) is 0 Å². The summed E-state index contributed by atoms with van der Waals surface area (Å²) in [6.07, 6.45) is -0.0739. The Morgan fingerprint density at radius 2 is 1.61 bits per heavy atom. The van der Waals surface area contributed by atoms with Gasteiger partial charge in [0.05, 0.1) is 26.0 Å². The van der Waals surface area contributed by atoms with Crippen LogP contribution < -0.4 is 4.74 Å². The zero-order chi connectivity index (χ0) is 23.8. The summed E-state index contributed by atoms with van der Waals surface area (Å²) in [6, 6.07) is 19.0. The van der Waals surface area contributed by atoms with Crippen LogP contribution in [0.3, 0.4) is 0 Å². The molecular weight excluding hydrogens is 433 g/mol. The zero-order valence-electron chi connectivity index (χ0n) is 17.9. The molecule has 170 valence electrons. The highest BCUT2D eigenvalue weighted by Gasteiger charge is 2.30. The molecule has 0 spiro atoms. The van der Waals surface area contributed by atoms with Gasteiger partial charge in [0.1, 0.15) is 17.1 Å². The van der Waals surface area contributed by atoms with Crippen molar-refractivity contribution >= 4 is 23.7 Å². The molecule has 0 bridgehead atoms. The Morgan fingerprint density at radius 1 is 0.879 bits per heavy atom. The molecule has 0 aliphatic rings. The van der Waals surface area contributed by atoms with Crippen molar-refractivity contribution in [1.82, 2.24) is 0 Å². The van der Waals surface area contributed by atoms with E-state index in [0.29, 0.717) is 28.2 Å². The van der Waals surface area contributed by atoms with Crippen molar-refractivity contribution in [1.29, 1.82) is 0 Å². The lowest BCUT2D eigenvalue weighted by Gasteiger charge is -2.15. The second kappa shape index (κ2) is 10.5. The number of rotatable bonds is 7. The average molecular weight is 454 g/mol. The highest BCUT2D eigenvalue weighted by Crippen LogP contribution is 2.35. The number of carbonyl (C=O) groups is 1. The monoisotopic (exact) mass is 454 g/mol. The Bertz CT molecular complexity index is 1170. The van der Waals surface area contributed by atoms with Gasteiger partial charge in [0.2, 0.25) is 0 Å². The lowest BCUT2D eigenvalue weighted by atomic mass is 9.98. The molecule has 0 aromatic heterocycles. The number of halogens is 3. The molecule has 0 heterocycles. The minimum absolute atomic E-state index is 0.0928. The lowest BCUT2D eigenvalue weighted by molar-refractivity contribution is -0.137. The topological polar surface area (TPSA) is 44.8 Å². The van der Waals surface area contributed by atoms with Gasteiger partial charge in [-0.3, -0.25) is 0 Å². The molecule has 7 heteroatoms. The van der Waals surface area contributed by atoms with Crippen LogP contribution in [0.15, 0.2) is 79.1 Å². The van der Waals surface area contributed by atoms with Crippen LogP contribution in [0.4, 0.5) is 13.2 Å². The van der Waals surface area contributed by atoms with E-state index < -0.39 is 17.7 Å². The lowest BCUT2D eigenvalue weighted by Crippen LogP contribution is -2.07. The van der Waals surface area contributed by atoms with Gasteiger partial charge in [-0.15, -0.1) is 0 Å². The van der Waals surface area contributed by atoms with Crippen molar-refractivity contribution in [3.05, 3.63) is 101 Å². The largest absolute Gasteiger partial charge is 0.503 e. The van der Waals surface area contributed by atoms with E-state index in [0.717, 1.165) is 12.1 Å². The van der Waals surface area contributed by atoms with E-state index in [9.17, 15) is 18.0 Å². The van der Waals surface area contributed by atoms with E-state index in [1.807, 2.05) is 6.07 Å². The molecule has 0 atom stereocenters. The molecule has 3 rings (SSSR count). The Balaban J connectivity index is 2.11. The van der Waals surface area contributed by atoms with Crippen LogP contribution in [0.1, 0.15) is 22.3 Å². The second-order valence-electron chi connectivity index (χ2n) is 6.85. The molecule has 3 aromatic rings. The van der Waals surface area contributed by atoms with Gasteiger partial charge in [-0.05, 0) is 41.5 Å². The van der Waals surface area contributed by atoms with Crippen molar-refractivity contribution < 1.29 is 32.2 Å². The van der Waals surface area contributed by atoms with E-state index in [-0.39, 0.29) is 5.57 Å².